The van der Waals surface area contributed by atoms with E-state index < -0.39 is 0 Å². The van der Waals surface area contributed by atoms with Crippen LogP contribution in [-0.4, -0.2) is 25.8 Å². The van der Waals surface area contributed by atoms with Crippen LogP contribution in [0.4, 0.5) is 10.6 Å². The van der Waals surface area contributed by atoms with E-state index in [1.54, 1.807) is 18.6 Å². The van der Waals surface area contributed by atoms with Crippen LogP contribution in [0.5, 0.6) is 0 Å². The Morgan fingerprint density at radius 3 is 3.00 bits per heavy atom. The third kappa shape index (κ3) is 4.41. The van der Waals surface area contributed by atoms with Crippen LogP contribution >= 0.6 is 0 Å². The van der Waals surface area contributed by atoms with Crippen molar-refractivity contribution < 1.29 is 4.79 Å². The van der Waals surface area contributed by atoms with Gasteiger partial charge in [0.05, 0.1) is 30.3 Å². The first-order chi connectivity index (χ1) is 11.7. The van der Waals surface area contributed by atoms with E-state index in [2.05, 4.69) is 37.9 Å². The maximum absolute atomic E-state index is 12.1. The number of aromatic nitrogens is 4. The molecule has 3 rings (SSSR count). The predicted octanol–water partition coefficient (Wildman–Crippen LogP) is 2.66. The molecule has 0 saturated heterocycles. The van der Waals surface area contributed by atoms with E-state index in [4.69, 9.17) is 0 Å². The Hall–Kier alpha value is -2.70. The zero-order valence-electron chi connectivity index (χ0n) is 13.8. The van der Waals surface area contributed by atoms with Gasteiger partial charge < -0.3 is 5.32 Å². The summed E-state index contributed by atoms with van der Waals surface area (Å²) in [7, 11) is 0. The van der Waals surface area contributed by atoms with Gasteiger partial charge in [-0.3, -0.25) is 15.3 Å². The number of rotatable bonds is 5. The van der Waals surface area contributed by atoms with Crippen LogP contribution in [0, 0.1) is 12.8 Å². The molecule has 0 fully saturated rings. The lowest BCUT2D eigenvalue weighted by Gasteiger charge is -2.19. The summed E-state index contributed by atoms with van der Waals surface area (Å²) < 4.78 is 1.86. The van der Waals surface area contributed by atoms with E-state index in [1.807, 2.05) is 17.7 Å². The number of nitrogens with zero attached hydrogens (tertiary/aromatic N) is 4. The molecule has 0 saturated carbocycles. The summed E-state index contributed by atoms with van der Waals surface area (Å²) in [4.78, 5) is 20.4. The Labute approximate surface area is 141 Å². The lowest BCUT2D eigenvalue weighted by Crippen LogP contribution is -2.30. The van der Waals surface area contributed by atoms with Crippen molar-refractivity contribution in [2.45, 2.75) is 39.3 Å². The summed E-state index contributed by atoms with van der Waals surface area (Å²) in [5.41, 5.74) is 1.57. The van der Waals surface area contributed by atoms with Gasteiger partial charge >= 0.3 is 6.03 Å². The number of amides is 2. The molecule has 2 aromatic heterocycles. The van der Waals surface area contributed by atoms with Crippen molar-refractivity contribution in [1.82, 2.24) is 25.1 Å². The molecule has 1 atom stereocenters. The minimum Gasteiger partial charge on any atom is -0.332 e. The molecule has 1 aliphatic rings. The van der Waals surface area contributed by atoms with Crippen LogP contribution in [0.15, 0.2) is 36.8 Å². The molecular formula is C17H22N6O. The molecule has 0 aromatic carbocycles. The fraction of sp³-hybridized carbons (Fsp3) is 0.412. The van der Waals surface area contributed by atoms with E-state index in [1.165, 1.54) is 0 Å². The molecule has 0 aliphatic heterocycles. The van der Waals surface area contributed by atoms with Crippen molar-refractivity contribution in [1.29, 1.82) is 0 Å². The molecule has 7 heteroatoms. The largest absolute Gasteiger partial charge is 0.332 e. The SMILES string of the molecule is Cc1cnc(CNC(=O)Nc2ccnn2C[C@H]2CC=CCC2)cn1. The van der Waals surface area contributed by atoms with Gasteiger partial charge in [0.1, 0.15) is 5.82 Å². The fourth-order valence-electron chi connectivity index (χ4n) is 2.69. The molecule has 1 aliphatic carbocycles. The maximum atomic E-state index is 12.1. The van der Waals surface area contributed by atoms with Gasteiger partial charge in [0.2, 0.25) is 0 Å². The summed E-state index contributed by atoms with van der Waals surface area (Å²) in [6.07, 6.45) is 12.8. The predicted molar refractivity (Wildman–Crippen MR) is 91.3 cm³/mol. The molecular weight excluding hydrogens is 304 g/mol. The van der Waals surface area contributed by atoms with Crippen LogP contribution in [0.25, 0.3) is 0 Å². The van der Waals surface area contributed by atoms with E-state index >= 15 is 0 Å². The second-order valence-corrected chi connectivity index (χ2v) is 6.01. The average Bonchev–Trinajstić information content (AvgIpc) is 3.02. The van der Waals surface area contributed by atoms with Crippen molar-refractivity contribution in [2.75, 3.05) is 5.32 Å². The highest BCUT2D eigenvalue weighted by Crippen LogP contribution is 2.21. The summed E-state index contributed by atoms with van der Waals surface area (Å²) in [5, 5.41) is 9.95. The van der Waals surface area contributed by atoms with Gasteiger partial charge in [0, 0.05) is 18.8 Å². The third-order valence-corrected chi connectivity index (χ3v) is 4.03. The maximum Gasteiger partial charge on any atom is 0.320 e. The fourth-order valence-corrected chi connectivity index (χ4v) is 2.69. The average molecular weight is 326 g/mol. The lowest BCUT2D eigenvalue weighted by atomic mass is 9.94. The van der Waals surface area contributed by atoms with Gasteiger partial charge in [-0.1, -0.05) is 12.2 Å². The van der Waals surface area contributed by atoms with E-state index in [9.17, 15) is 4.79 Å². The first-order valence-corrected chi connectivity index (χ1v) is 8.20. The summed E-state index contributed by atoms with van der Waals surface area (Å²) >= 11 is 0. The first kappa shape index (κ1) is 16.2. The van der Waals surface area contributed by atoms with Crippen LogP contribution in [0.2, 0.25) is 0 Å². The molecule has 0 bridgehead atoms. The topological polar surface area (TPSA) is 84.7 Å². The molecule has 126 valence electrons. The Morgan fingerprint density at radius 2 is 2.25 bits per heavy atom. The highest BCUT2D eigenvalue weighted by Gasteiger charge is 2.14. The van der Waals surface area contributed by atoms with E-state index in [0.29, 0.717) is 18.3 Å². The van der Waals surface area contributed by atoms with Crippen molar-refractivity contribution in [3.05, 3.63) is 48.2 Å². The first-order valence-electron chi connectivity index (χ1n) is 8.20. The molecule has 24 heavy (non-hydrogen) atoms. The smallest absolute Gasteiger partial charge is 0.320 e. The van der Waals surface area contributed by atoms with Gasteiger partial charge in [-0.25, -0.2) is 9.48 Å². The van der Waals surface area contributed by atoms with Gasteiger partial charge in [-0.2, -0.15) is 5.10 Å². The van der Waals surface area contributed by atoms with E-state index in [-0.39, 0.29) is 6.03 Å². The zero-order chi connectivity index (χ0) is 16.8. The van der Waals surface area contributed by atoms with Crippen molar-refractivity contribution in [3.8, 4) is 0 Å². The van der Waals surface area contributed by atoms with Gasteiger partial charge in [0.15, 0.2) is 0 Å². The Bertz CT molecular complexity index is 706. The number of urea groups is 1. The standard InChI is InChI=1S/C17H22N6O/c1-13-9-19-15(10-18-13)11-20-17(24)22-16-7-8-21-23(16)12-14-5-3-2-4-6-14/h2-3,7-10,14H,4-6,11-12H2,1H3,(H2,20,22,24)/t14-/m0/s1. The molecule has 0 radical (unpaired) electrons. The van der Waals surface area contributed by atoms with Crippen LogP contribution < -0.4 is 10.6 Å². The zero-order valence-corrected chi connectivity index (χ0v) is 13.8. The Morgan fingerprint density at radius 1 is 1.33 bits per heavy atom. The monoisotopic (exact) mass is 326 g/mol. The quantitative estimate of drug-likeness (QED) is 0.827. The third-order valence-electron chi connectivity index (χ3n) is 4.03. The number of nitrogens with one attached hydrogen (secondary N) is 2. The van der Waals surface area contributed by atoms with E-state index in [0.717, 1.165) is 37.2 Å². The minimum atomic E-state index is -0.275. The van der Waals surface area contributed by atoms with Crippen molar-refractivity contribution in [2.24, 2.45) is 5.92 Å². The Kier molecular flexibility index (Phi) is 5.20. The van der Waals surface area contributed by atoms with Crippen molar-refractivity contribution in [3.63, 3.8) is 0 Å². The molecule has 7 nitrogen and oxygen atoms in total. The van der Waals surface area contributed by atoms with Crippen molar-refractivity contribution >= 4 is 11.8 Å². The molecule has 0 unspecified atom stereocenters. The summed E-state index contributed by atoms with van der Waals surface area (Å²) in [6, 6.07) is 1.53. The summed E-state index contributed by atoms with van der Waals surface area (Å²) in [5.74, 6) is 1.28. The number of anilines is 1. The van der Waals surface area contributed by atoms with Gasteiger partial charge in [-0.15, -0.1) is 0 Å². The number of aryl methyl sites for hydroxylation is 1. The number of hydrogen-bond donors (Lipinski definition) is 2. The van der Waals surface area contributed by atoms with Gasteiger partial charge in [-0.05, 0) is 32.1 Å². The number of carbonyl (C=O) groups is 1. The van der Waals surface area contributed by atoms with Crippen LogP contribution in [-0.2, 0) is 13.1 Å². The minimum absolute atomic E-state index is 0.275. The molecule has 0 spiro atoms. The van der Waals surface area contributed by atoms with Crippen LogP contribution in [0.3, 0.4) is 0 Å². The molecule has 2 amide bonds. The van der Waals surface area contributed by atoms with Crippen LogP contribution in [0.1, 0.15) is 30.7 Å². The molecule has 2 heterocycles. The Balaban J connectivity index is 1.52. The lowest BCUT2D eigenvalue weighted by molar-refractivity contribution is 0.251. The number of carbonyl (C=O) groups excluding carboxylic acids is 1. The summed E-state index contributed by atoms with van der Waals surface area (Å²) in [6.45, 7) is 3.03. The highest BCUT2D eigenvalue weighted by atomic mass is 16.2. The molecule has 2 N–H and O–H groups in total. The normalized spacial score (nSPS) is 16.8. The number of allylic oxidation sites excluding steroid dienone is 2. The number of hydrogen-bond acceptors (Lipinski definition) is 4. The second kappa shape index (κ2) is 7.72. The highest BCUT2D eigenvalue weighted by molar-refractivity contribution is 5.88. The second-order valence-electron chi connectivity index (χ2n) is 6.01. The van der Waals surface area contributed by atoms with Gasteiger partial charge in [0.25, 0.3) is 0 Å². The molecule has 2 aromatic rings.